The summed E-state index contributed by atoms with van der Waals surface area (Å²) < 4.78 is 11.1. The van der Waals surface area contributed by atoms with Gasteiger partial charge in [0.2, 0.25) is 0 Å². The molecule has 2 unspecified atom stereocenters. The molecule has 4 nitrogen and oxygen atoms in total. The van der Waals surface area contributed by atoms with Crippen molar-refractivity contribution in [2.45, 2.75) is 149 Å². The van der Waals surface area contributed by atoms with Gasteiger partial charge < -0.3 is 9.47 Å². The number of carbonyl (C=O) groups is 2. The van der Waals surface area contributed by atoms with E-state index in [4.69, 9.17) is 9.47 Å². The summed E-state index contributed by atoms with van der Waals surface area (Å²) in [6.07, 6.45) is 23.1. The molecule has 0 saturated heterocycles. The number of unbranched alkanes of at least 4 members (excludes halogenated alkanes) is 13. The van der Waals surface area contributed by atoms with E-state index in [0.29, 0.717) is 19.6 Å². The van der Waals surface area contributed by atoms with Crippen LogP contribution in [0.2, 0.25) is 0 Å². The van der Waals surface area contributed by atoms with Crippen molar-refractivity contribution in [3.8, 4) is 0 Å². The highest BCUT2D eigenvalue weighted by atomic mass is 16.5. The topological polar surface area (TPSA) is 52.6 Å². The van der Waals surface area contributed by atoms with E-state index >= 15 is 0 Å². The van der Waals surface area contributed by atoms with Crippen molar-refractivity contribution in [3.63, 3.8) is 0 Å². The Morgan fingerprint density at radius 1 is 0.647 bits per heavy atom. The molecule has 0 aromatic rings. The number of esters is 2. The minimum Gasteiger partial charge on any atom is -0.465 e. The molecule has 0 radical (unpaired) electrons. The summed E-state index contributed by atoms with van der Waals surface area (Å²) in [5, 5.41) is 0. The lowest BCUT2D eigenvalue weighted by Gasteiger charge is -2.26. The molecule has 200 valence electrons. The highest BCUT2D eigenvalue weighted by Crippen LogP contribution is 2.31. The molecule has 1 aliphatic carbocycles. The van der Waals surface area contributed by atoms with Gasteiger partial charge in [-0.3, -0.25) is 9.59 Å². The minimum atomic E-state index is -0.130. The molecule has 1 fully saturated rings. The molecule has 4 heteroatoms. The van der Waals surface area contributed by atoms with Gasteiger partial charge in [-0.2, -0.15) is 0 Å². The van der Waals surface area contributed by atoms with Gasteiger partial charge in [-0.15, -0.1) is 0 Å². The molecule has 1 rings (SSSR count). The first-order valence-electron chi connectivity index (χ1n) is 14.9. The van der Waals surface area contributed by atoms with Crippen LogP contribution in [-0.2, 0) is 19.1 Å². The van der Waals surface area contributed by atoms with Crippen LogP contribution < -0.4 is 0 Å². The molecule has 0 spiro atoms. The van der Waals surface area contributed by atoms with Crippen LogP contribution in [0.25, 0.3) is 0 Å². The van der Waals surface area contributed by atoms with Gasteiger partial charge in [0.25, 0.3) is 0 Å². The third-order valence-electron chi connectivity index (χ3n) is 7.25. The number of carbonyl (C=O) groups excluding carboxylic acids is 2. The highest BCUT2D eigenvalue weighted by Gasteiger charge is 2.32. The van der Waals surface area contributed by atoms with Crippen molar-refractivity contribution in [1.29, 1.82) is 0 Å². The predicted molar refractivity (Wildman–Crippen MR) is 142 cm³/mol. The third-order valence-corrected chi connectivity index (χ3v) is 7.25. The Kier molecular flexibility index (Phi) is 19.3. The van der Waals surface area contributed by atoms with Crippen LogP contribution in [0.15, 0.2) is 0 Å². The lowest BCUT2D eigenvalue weighted by molar-refractivity contribution is -0.155. The summed E-state index contributed by atoms with van der Waals surface area (Å²) >= 11 is 0. The minimum absolute atomic E-state index is 0.102. The third kappa shape index (κ3) is 16.5. The summed E-state index contributed by atoms with van der Waals surface area (Å²) in [5.41, 5.74) is 0. The summed E-state index contributed by atoms with van der Waals surface area (Å²) in [5.74, 6) is 0.342. The fourth-order valence-corrected chi connectivity index (χ4v) is 4.97. The Labute approximate surface area is 211 Å². The molecule has 34 heavy (non-hydrogen) atoms. The normalized spacial score (nSPS) is 18.2. The first kappa shape index (κ1) is 31.0. The Morgan fingerprint density at radius 3 is 1.50 bits per heavy atom. The maximum Gasteiger partial charge on any atom is 0.308 e. The van der Waals surface area contributed by atoms with E-state index < -0.39 is 0 Å². The SMILES string of the molecule is CCCCCCCCCCCOC(=O)C1CCCC(C(=O)OCCCCCCCCC(C)C)C1. The van der Waals surface area contributed by atoms with E-state index in [2.05, 4.69) is 20.8 Å². The van der Waals surface area contributed by atoms with E-state index in [1.807, 2.05) is 0 Å². The van der Waals surface area contributed by atoms with Crippen molar-refractivity contribution in [2.24, 2.45) is 17.8 Å². The van der Waals surface area contributed by atoms with Gasteiger partial charge in [-0.1, -0.05) is 117 Å². The molecular weight excluding hydrogens is 424 g/mol. The molecule has 0 aromatic heterocycles. The van der Waals surface area contributed by atoms with Gasteiger partial charge in [0.15, 0.2) is 0 Å². The number of rotatable bonds is 21. The molecule has 0 aromatic carbocycles. The number of hydrogen-bond donors (Lipinski definition) is 0. The van der Waals surface area contributed by atoms with Crippen LogP contribution in [0.1, 0.15) is 149 Å². The van der Waals surface area contributed by atoms with E-state index in [0.717, 1.165) is 50.9 Å². The zero-order valence-electron chi connectivity index (χ0n) is 22.9. The van der Waals surface area contributed by atoms with Crippen LogP contribution in [0.3, 0.4) is 0 Å². The Balaban J connectivity index is 2.04. The molecule has 2 atom stereocenters. The van der Waals surface area contributed by atoms with E-state index in [1.165, 1.54) is 77.0 Å². The smallest absolute Gasteiger partial charge is 0.308 e. The van der Waals surface area contributed by atoms with Crippen molar-refractivity contribution in [2.75, 3.05) is 13.2 Å². The maximum absolute atomic E-state index is 12.5. The van der Waals surface area contributed by atoms with Crippen LogP contribution in [0, 0.1) is 17.8 Å². The average Bonchev–Trinajstić information content (AvgIpc) is 2.83. The molecule has 0 heterocycles. The fourth-order valence-electron chi connectivity index (χ4n) is 4.97. The zero-order chi connectivity index (χ0) is 24.9. The van der Waals surface area contributed by atoms with Crippen molar-refractivity contribution in [1.82, 2.24) is 0 Å². The van der Waals surface area contributed by atoms with Gasteiger partial charge in [-0.05, 0) is 38.0 Å². The van der Waals surface area contributed by atoms with Crippen LogP contribution in [0.5, 0.6) is 0 Å². The molecule has 1 saturated carbocycles. The molecule has 1 aliphatic rings. The average molecular weight is 481 g/mol. The molecule has 0 bridgehead atoms. The molecule has 0 aliphatic heterocycles. The monoisotopic (exact) mass is 480 g/mol. The summed E-state index contributed by atoms with van der Waals surface area (Å²) in [6, 6.07) is 0. The van der Waals surface area contributed by atoms with Crippen molar-refractivity contribution in [3.05, 3.63) is 0 Å². The largest absolute Gasteiger partial charge is 0.465 e. The summed E-state index contributed by atoms with van der Waals surface area (Å²) in [4.78, 5) is 24.9. The van der Waals surface area contributed by atoms with E-state index in [1.54, 1.807) is 0 Å². The number of hydrogen-bond acceptors (Lipinski definition) is 4. The van der Waals surface area contributed by atoms with Crippen molar-refractivity contribution >= 4 is 11.9 Å². The summed E-state index contributed by atoms with van der Waals surface area (Å²) in [7, 11) is 0. The lowest BCUT2D eigenvalue weighted by Crippen LogP contribution is -2.30. The Morgan fingerprint density at radius 2 is 1.06 bits per heavy atom. The molecular formula is C30H56O4. The molecule has 0 N–H and O–H groups in total. The van der Waals surface area contributed by atoms with Crippen LogP contribution in [-0.4, -0.2) is 25.2 Å². The standard InChI is InChI=1S/C30H56O4/c1-4-5-6-7-8-9-11-14-17-23-33-29(31)27-21-19-22-28(25-27)30(32)34-24-18-15-12-10-13-16-20-26(2)3/h26-28H,4-25H2,1-3H3. The summed E-state index contributed by atoms with van der Waals surface area (Å²) in [6.45, 7) is 7.86. The second-order valence-electron chi connectivity index (χ2n) is 11.0. The first-order chi connectivity index (χ1) is 16.5. The van der Waals surface area contributed by atoms with E-state index in [-0.39, 0.29) is 23.8 Å². The fraction of sp³-hybridized carbons (Fsp3) is 0.933. The zero-order valence-corrected chi connectivity index (χ0v) is 22.9. The second kappa shape index (κ2) is 21.2. The van der Waals surface area contributed by atoms with Crippen LogP contribution in [0.4, 0.5) is 0 Å². The van der Waals surface area contributed by atoms with Gasteiger partial charge >= 0.3 is 11.9 Å². The van der Waals surface area contributed by atoms with Gasteiger partial charge in [0.05, 0.1) is 25.0 Å². The molecule has 0 amide bonds. The Bertz CT molecular complexity index is 502. The second-order valence-corrected chi connectivity index (χ2v) is 11.0. The predicted octanol–water partition coefficient (Wildman–Crippen LogP) is 8.80. The van der Waals surface area contributed by atoms with E-state index in [9.17, 15) is 9.59 Å². The maximum atomic E-state index is 12.5. The number of ether oxygens (including phenoxy) is 2. The highest BCUT2D eigenvalue weighted by molar-refractivity contribution is 5.76. The lowest BCUT2D eigenvalue weighted by atomic mass is 9.81. The van der Waals surface area contributed by atoms with Gasteiger partial charge in [-0.25, -0.2) is 0 Å². The Hall–Kier alpha value is -1.06. The first-order valence-corrected chi connectivity index (χ1v) is 14.9. The van der Waals surface area contributed by atoms with Gasteiger partial charge in [0, 0.05) is 0 Å². The van der Waals surface area contributed by atoms with Crippen LogP contribution >= 0.6 is 0 Å². The quantitative estimate of drug-likeness (QED) is 0.122. The van der Waals surface area contributed by atoms with Gasteiger partial charge in [0.1, 0.15) is 0 Å². The van der Waals surface area contributed by atoms with Crippen molar-refractivity contribution < 1.29 is 19.1 Å².